The SMILES string of the molecule is COCCN1c2ccc(S(=O)(=O)O)cc2C(C)(CCCS(=O)(=O)O)C1(C)/C=C/C=C/C=C1/N(CCOCCC(=O)ON2C(=O)CCC2=O)c2ccc(S(=O)(=O)O)cc2C1(C)CCOC. The van der Waals surface area contributed by atoms with Crippen molar-refractivity contribution in [1.29, 1.82) is 0 Å². The number of anilines is 2. The third-order valence-corrected chi connectivity index (χ3v) is 14.8. The summed E-state index contributed by atoms with van der Waals surface area (Å²) in [7, 11) is -10.4. The second kappa shape index (κ2) is 19.9. The van der Waals surface area contributed by atoms with Crippen LogP contribution in [0.25, 0.3) is 0 Å². The van der Waals surface area contributed by atoms with E-state index in [2.05, 4.69) is 0 Å². The number of carbonyl (C=O) groups excluding carboxylic acids is 3. The van der Waals surface area contributed by atoms with E-state index in [1.54, 1.807) is 30.4 Å². The first-order valence-electron chi connectivity index (χ1n) is 20.3. The Balaban J connectivity index is 1.48. The standard InChI is InChI=1S/C42H55N3O16S3/c1-40(20-24-58-4)32-28-30(63(52,53)54)11-13-34(32)43(21-26-60-23-17-39(48)61-45-37(46)15-16-38(45)47)36(40)10-7-6-8-19-42(3)41(2,18-9-27-62(49,50)51)33-29-31(64(55,56)57)12-14-35(33)44(42)22-25-59-5/h6-8,10-14,19,28-29H,9,15-18,20-27H2,1-5H3,(H,49,50,51)(H,52,53,54)(H,55,56,57)/b7-6+,19-8+,36-10+. The first-order chi connectivity index (χ1) is 29.9. The maximum Gasteiger partial charge on any atom is 0.335 e. The molecular formula is C42H55N3O16S3. The molecule has 5 rings (SSSR count). The lowest BCUT2D eigenvalue weighted by Gasteiger charge is -2.45. The number of hydroxylamine groups is 2. The van der Waals surface area contributed by atoms with E-state index in [4.69, 9.17) is 19.0 Å². The molecule has 0 spiro atoms. The second-order valence-corrected chi connectivity index (χ2v) is 20.7. The van der Waals surface area contributed by atoms with Gasteiger partial charge in [0.1, 0.15) is 0 Å². The van der Waals surface area contributed by atoms with Crippen LogP contribution in [-0.4, -0.2) is 127 Å². The monoisotopic (exact) mass is 953 g/mol. The number of fused-ring (bicyclic) bond motifs is 2. The molecule has 0 radical (unpaired) electrons. The summed E-state index contributed by atoms with van der Waals surface area (Å²) in [6, 6.07) is 8.55. The van der Waals surface area contributed by atoms with Gasteiger partial charge < -0.3 is 28.8 Å². The first kappa shape index (κ1) is 50.5. The summed E-state index contributed by atoms with van der Waals surface area (Å²) < 4.78 is 119. The van der Waals surface area contributed by atoms with Gasteiger partial charge in [0.25, 0.3) is 42.2 Å². The molecule has 1 fully saturated rings. The number of nitrogens with zero attached hydrogens (tertiary/aromatic N) is 3. The van der Waals surface area contributed by atoms with Gasteiger partial charge in [-0.3, -0.25) is 23.2 Å². The third-order valence-electron chi connectivity index (χ3n) is 12.2. The molecule has 19 nitrogen and oxygen atoms in total. The van der Waals surface area contributed by atoms with E-state index in [1.807, 2.05) is 42.7 Å². The normalized spacial score (nSPS) is 23.3. The molecule has 3 aliphatic heterocycles. The summed E-state index contributed by atoms with van der Waals surface area (Å²) in [5, 5.41) is 0.462. The van der Waals surface area contributed by atoms with E-state index in [0.717, 1.165) is 0 Å². The Bertz CT molecular complexity index is 2530. The number of methoxy groups -OCH3 is 2. The van der Waals surface area contributed by atoms with E-state index in [0.29, 0.717) is 46.2 Å². The fourth-order valence-electron chi connectivity index (χ4n) is 8.65. The number of imide groups is 1. The van der Waals surface area contributed by atoms with Crippen molar-refractivity contribution in [2.75, 3.05) is 69.3 Å². The van der Waals surface area contributed by atoms with Crippen LogP contribution in [0.5, 0.6) is 0 Å². The molecule has 2 aromatic carbocycles. The molecule has 0 bridgehead atoms. The van der Waals surface area contributed by atoms with Crippen molar-refractivity contribution in [3.8, 4) is 0 Å². The quantitative estimate of drug-likeness (QED) is 0.0648. The molecule has 0 saturated carbocycles. The van der Waals surface area contributed by atoms with Gasteiger partial charge in [-0.1, -0.05) is 31.2 Å². The highest BCUT2D eigenvalue weighted by Crippen LogP contribution is 2.55. The van der Waals surface area contributed by atoms with Crippen LogP contribution < -0.4 is 9.80 Å². The molecule has 3 atom stereocenters. The van der Waals surface area contributed by atoms with Crippen molar-refractivity contribution < 1.29 is 72.3 Å². The Morgan fingerprint density at radius 3 is 1.95 bits per heavy atom. The predicted molar refractivity (Wildman–Crippen MR) is 233 cm³/mol. The van der Waals surface area contributed by atoms with Gasteiger partial charge in [-0.25, -0.2) is 4.79 Å². The lowest BCUT2D eigenvalue weighted by Crippen LogP contribution is -2.54. The Labute approximate surface area is 373 Å². The number of amides is 2. The van der Waals surface area contributed by atoms with Crippen molar-refractivity contribution in [3.63, 3.8) is 0 Å². The number of ether oxygens (including phenoxy) is 3. The number of hydrogen-bond donors (Lipinski definition) is 3. The van der Waals surface area contributed by atoms with Crippen LogP contribution >= 0.6 is 0 Å². The first-order valence-corrected chi connectivity index (χ1v) is 24.8. The Morgan fingerprint density at radius 2 is 1.36 bits per heavy atom. The molecule has 0 aromatic heterocycles. The molecule has 3 unspecified atom stereocenters. The van der Waals surface area contributed by atoms with Gasteiger partial charge in [0.2, 0.25) is 0 Å². The zero-order valence-corrected chi connectivity index (χ0v) is 38.7. The molecule has 64 heavy (non-hydrogen) atoms. The molecule has 2 amide bonds. The second-order valence-electron chi connectivity index (χ2n) is 16.3. The lowest BCUT2D eigenvalue weighted by atomic mass is 9.67. The maximum atomic E-state index is 12.4. The van der Waals surface area contributed by atoms with Crippen molar-refractivity contribution >= 4 is 59.5 Å². The lowest BCUT2D eigenvalue weighted by molar-refractivity contribution is -0.198. The van der Waals surface area contributed by atoms with E-state index < -0.39 is 70.3 Å². The van der Waals surface area contributed by atoms with Crippen LogP contribution in [0.4, 0.5) is 11.4 Å². The maximum absolute atomic E-state index is 12.4. The summed E-state index contributed by atoms with van der Waals surface area (Å²) in [4.78, 5) is 44.3. The molecule has 1 saturated heterocycles. The molecule has 0 aliphatic carbocycles. The van der Waals surface area contributed by atoms with E-state index in [9.17, 15) is 53.3 Å². The average molecular weight is 954 g/mol. The molecular weight excluding hydrogens is 899 g/mol. The number of allylic oxidation sites excluding steroid dienone is 5. The summed E-state index contributed by atoms with van der Waals surface area (Å²) in [5.41, 5.74) is 0.313. The van der Waals surface area contributed by atoms with Crippen LogP contribution in [-0.2, 0) is 74.6 Å². The zero-order valence-electron chi connectivity index (χ0n) is 36.3. The predicted octanol–water partition coefficient (Wildman–Crippen LogP) is 4.16. The van der Waals surface area contributed by atoms with Crippen LogP contribution in [0, 0.1) is 0 Å². The highest BCUT2D eigenvalue weighted by atomic mass is 32.2. The summed E-state index contributed by atoms with van der Waals surface area (Å²) in [6.07, 6.45) is 9.33. The zero-order chi connectivity index (χ0) is 47.3. The van der Waals surface area contributed by atoms with E-state index >= 15 is 0 Å². The number of benzene rings is 2. The molecule has 352 valence electrons. The van der Waals surface area contributed by atoms with Crippen LogP contribution in [0.15, 0.2) is 82.3 Å². The van der Waals surface area contributed by atoms with Crippen molar-refractivity contribution in [2.45, 2.75) is 85.5 Å². The van der Waals surface area contributed by atoms with Gasteiger partial charge in [-0.05, 0) is 86.7 Å². The van der Waals surface area contributed by atoms with Gasteiger partial charge in [0.15, 0.2) is 0 Å². The number of hydrogen-bond acceptors (Lipinski definition) is 15. The Kier molecular flexibility index (Phi) is 15.7. The Morgan fingerprint density at radius 1 is 0.750 bits per heavy atom. The number of rotatable bonds is 22. The van der Waals surface area contributed by atoms with E-state index in [-0.39, 0.29) is 74.9 Å². The summed E-state index contributed by atoms with van der Waals surface area (Å²) in [5.74, 6) is -2.56. The van der Waals surface area contributed by atoms with Crippen molar-refractivity contribution in [3.05, 3.63) is 83.6 Å². The van der Waals surface area contributed by atoms with Gasteiger partial charge in [0.05, 0.1) is 47.3 Å². The Hall–Kier alpha value is -4.52. The summed E-state index contributed by atoms with van der Waals surface area (Å²) >= 11 is 0. The number of carbonyl (C=O) groups is 3. The van der Waals surface area contributed by atoms with E-state index in [1.165, 1.54) is 38.5 Å². The fourth-order valence-corrected chi connectivity index (χ4v) is 10.2. The van der Waals surface area contributed by atoms with Crippen molar-refractivity contribution in [2.24, 2.45) is 0 Å². The van der Waals surface area contributed by atoms with Crippen LogP contribution in [0.1, 0.15) is 70.4 Å². The topological polar surface area (TPSA) is 261 Å². The molecule has 22 heteroatoms. The van der Waals surface area contributed by atoms with Crippen LogP contribution in [0.2, 0.25) is 0 Å². The van der Waals surface area contributed by atoms with Gasteiger partial charge in [-0.15, -0.1) is 5.06 Å². The van der Waals surface area contributed by atoms with Gasteiger partial charge in [-0.2, -0.15) is 25.3 Å². The fraction of sp³-hybridized carbons (Fsp3) is 0.500. The van der Waals surface area contributed by atoms with Crippen molar-refractivity contribution in [1.82, 2.24) is 5.06 Å². The summed E-state index contributed by atoms with van der Waals surface area (Å²) in [6.45, 7) is 6.77. The minimum absolute atomic E-state index is 0.0263. The average Bonchev–Trinajstić information content (AvgIpc) is 3.72. The third kappa shape index (κ3) is 10.9. The highest BCUT2D eigenvalue weighted by molar-refractivity contribution is 7.86. The minimum atomic E-state index is -4.61. The van der Waals surface area contributed by atoms with Gasteiger partial charge >= 0.3 is 5.97 Å². The molecule has 3 aliphatic rings. The largest absolute Gasteiger partial charge is 0.385 e. The van der Waals surface area contributed by atoms with Gasteiger partial charge in [0, 0.05) is 74.7 Å². The molecule has 3 N–H and O–H groups in total. The molecule has 2 aromatic rings. The highest BCUT2D eigenvalue weighted by Gasteiger charge is 2.55. The molecule has 3 heterocycles. The minimum Gasteiger partial charge on any atom is -0.385 e. The smallest absolute Gasteiger partial charge is 0.335 e. The van der Waals surface area contributed by atoms with Crippen LogP contribution in [0.3, 0.4) is 0 Å².